The van der Waals surface area contributed by atoms with E-state index in [2.05, 4.69) is 10.1 Å². The van der Waals surface area contributed by atoms with Crippen molar-refractivity contribution in [1.82, 2.24) is 19.6 Å². The van der Waals surface area contributed by atoms with Crippen LogP contribution in [0.15, 0.2) is 54.9 Å². The quantitative estimate of drug-likeness (QED) is 0.468. The van der Waals surface area contributed by atoms with Crippen molar-refractivity contribution in [3.05, 3.63) is 71.8 Å². The standard InChI is InChI=1S/C24H23N5O3/c1-24(31)11-16(12-24)23-28-19(20-22(25)26-13-27-29(20)23)15-8-9-17(18(10-15)32-2)21(30)14-6-4-3-5-7-14/h3-10,13,16,31H,11-12H2,1-2H3,(H2,25,26,27)/t16-,24-. The third-order valence-corrected chi connectivity index (χ3v) is 5.98. The Morgan fingerprint density at radius 3 is 2.66 bits per heavy atom. The largest absolute Gasteiger partial charge is 0.496 e. The van der Waals surface area contributed by atoms with Crippen LogP contribution in [-0.2, 0) is 0 Å². The zero-order chi connectivity index (χ0) is 22.5. The first-order valence-electron chi connectivity index (χ1n) is 10.4. The first-order chi connectivity index (χ1) is 15.4. The first-order valence-corrected chi connectivity index (χ1v) is 10.4. The molecule has 0 unspecified atom stereocenters. The van der Waals surface area contributed by atoms with Gasteiger partial charge in [0.2, 0.25) is 0 Å². The van der Waals surface area contributed by atoms with E-state index in [0.29, 0.717) is 46.7 Å². The highest BCUT2D eigenvalue weighted by Gasteiger charge is 2.42. The Kier molecular flexibility index (Phi) is 4.67. The zero-order valence-corrected chi connectivity index (χ0v) is 17.8. The second-order valence-corrected chi connectivity index (χ2v) is 8.44. The van der Waals surface area contributed by atoms with Gasteiger partial charge in [-0.1, -0.05) is 36.4 Å². The molecule has 8 heteroatoms. The number of anilines is 1. The fraction of sp³-hybridized carbons (Fsp3) is 0.250. The van der Waals surface area contributed by atoms with E-state index >= 15 is 0 Å². The highest BCUT2D eigenvalue weighted by Crippen LogP contribution is 2.45. The lowest BCUT2D eigenvalue weighted by molar-refractivity contribution is -0.0337. The number of nitrogen functional groups attached to an aromatic ring is 1. The molecule has 1 fully saturated rings. The van der Waals surface area contributed by atoms with Crippen LogP contribution in [0.1, 0.15) is 47.4 Å². The van der Waals surface area contributed by atoms with Crippen molar-refractivity contribution in [3.8, 4) is 17.0 Å². The molecular formula is C24H23N5O3. The summed E-state index contributed by atoms with van der Waals surface area (Å²) >= 11 is 0. The number of benzene rings is 2. The Labute approximate surface area is 184 Å². The Balaban J connectivity index is 1.61. The van der Waals surface area contributed by atoms with E-state index in [9.17, 15) is 9.90 Å². The van der Waals surface area contributed by atoms with Crippen molar-refractivity contribution in [2.45, 2.75) is 31.3 Å². The van der Waals surface area contributed by atoms with Crippen LogP contribution in [0.2, 0.25) is 0 Å². The van der Waals surface area contributed by atoms with Crippen molar-refractivity contribution in [1.29, 1.82) is 0 Å². The van der Waals surface area contributed by atoms with Crippen LogP contribution in [0.4, 0.5) is 5.82 Å². The molecule has 1 aliphatic rings. The van der Waals surface area contributed by atoms with Crippen LogP contribution in [-0.4, -0.2) is 43.2 Å². The number of imidazole rings is 1. The first kappa shape index (κ1) is 20.1. The van der Waals surface area contributed by atoms with E-state index in [1.54, 1.807) is 28.8 Å². The lowest BCUT2D eigenvalue weighted by Gasteiger charge is -2.39. The van der Waals surface area contributed by atoms with Gasteiger partial charge < -0.3 is 15.6 Å². The van der Waals surface area contributed by atoms with Gasteiger partial charge in [0.1, 0.15) is 29.1 Å². The van der Waals surface area contributed by atoms with Gasteiger partial charge in [-0.25, -0.2) is 14.5 Å². The predicted molar refractivity (Wildman–Crippen MR) is 120 cm³/mol. The molecule has 32 heavy (non-hydrogen) atoms. The molecule has 162 valence electrons. The Morgan fingerprint density at radius 2 is 1.97 bits per heavy atom. The highest BCUT2D eigenvalue weighted by molar-refractivity contribution is 6.11. The number of carbonyl (C=O) groups excluding carboxylic acids is 1. The molecule has 0 radical (unpaired) electrons. The lowest BCUT2D eigenvalue weighted by Crippen LogP contribution is -2.40. The summed E-state index contributed by atoms with van der Waals surface area (Å²) in [6.45, 7) is 1.82. The van der Waals surface area contributed by atoms with Crippen LogP contribution in [0.5, 0.6) is 5.75 Å². The van der Waals surface area contributed by atoms with Crippen LogP contribution in [0.25, 0.3) is 16.8 Å². The van der Waals surface area contributed by atoms with Crippen molar-refractivity contribution in [2.24, 2.45) is 0 Å². The van der Waals surface area contributed by atoms with Crippen molar-refractivity contribution >= 4 is 17.1 Å². The van der Waals surface area contributed by atoms with Crippen LogP contribution < -0.4 is 10.5 Å². The van der Waals surface area contributed by atoms with Gasteiger partial charge in [-0.3, -0.25) is 4.79 Å². The number of aliphatic hydroxyl groups is 1. The van der Waals surface area contributed by atoms with Gasteiger partial charge in [0.15, 0.2) is 11.6 Å². The molecular weight excluding hydrogens is 406 g/mol. The van der Waals surface area contributed by atoms with Crippen LogP contribution in [0, 0.1) is 0 Å². The molecule has 0 bridgehead atoms. The molecule has 1 aliphatic carbocycles. The van der Waals surface area contributed by atoms with Gasteiger partial charge in [-0.05, 0) is 31.9 Å². The minimum atomic E-state index is -0.697. The van der Waals surface area contributed by atoms with Gasteiger partial charge >= 0.3 is 0 Å². The minimum absolute atomic E-state index is 0.0707. The summed E-state index contributed by atoms with van der Waals surface area (Å²) in [5.74, 6) is 1.44. The Hall–Kier alpha value is -3.78. The molecule has 2 aromatic carbocycles. The Morgan fingerprint density at radius 1 is 1.22 bits per heavy atom. The number of ether oxygens (including phenoxy) is 1. The number of hydrogen-bond donors (Lipinski definition) is 2. The summed E-state index contributed by atoms with van der Waals surface area (Å²) in [6.07, 6.45) is 2.60. The number of hydrogen-bond acceptors (Lipinski definition) is 7. The summed E-state index contributed by atoms with van der Waals surface area (Å²) in [6, 6.07) is 14.4. The van der Waals surface area contributed by atoms with E-state index in [1.165, 1.54) is 13.4 Å². The molecule has 0 amide bonds. The number of nitrogens with zero attached hydrogens (tertiary/aromatic N) is 4. The number of rotatable bonds is 5. The van der Waals surface area contributed by atoms with E-state index in [0.717, 1.165) is 11.4 Å². The van der Waals surface area contributed by atoms with Gasteiger partial charge in [-0.2, -0.15) is 5.10 Å². The smallest absolute Gasteiger partial charge is 0.196 e. The summed E-state index contributed by atoms with van der Waals surface area (Å²) in [4.78, 5) is 22.0. The maximum atomic E-state index is 13.0. The molecule has 0 saturated heterocycles. The average Bonchev–Trinajstić information content (AvgIpc) is 3.18. The average molecular weight is 429 g/mol. The highest BCUT2D eigenvalue weighted by atomic mass is 16.5. The molecule has 0 atom stereocenters. The van der Waals surface area contributed by atoms with Crippen molar-refractivity contribution in [3.63, 3.8) is 0 Å². The fourth-order valence-corrected chi connectivity index (χ4v) is 4.40. The molecule has 0 spiro atoms. The second kappa shape index (κ2) is 7.42. The summed E-state index contributed by atoms with van der Waals surface area (Å²) in [7, 11) is 1.53. The Bertz CT molecular complexity index is 1320. The van der Waals surface area contributed by atoms with Crippen LogP contribution in [0.3, 0.4) is 0 Å². The monoisotopic (exact) mass is 429 g/mol. The minimum Gasteiger partial charge on any atom is -0.496 e. The van der Waals surface area contributed by atoms with Crippen LogP contribution >= 0.6 is 0 Å². The summed E-state index contributed by atoms with van der Waals surface area (Å²) in [5, 5.41) is 14.6. The molecule has 2 aromatic heterocycles. The van der Waals surface area contributed by atoms with Crippen molar-refractivity contribution < 1.29 is 14.6 Å². The predicted octanol–water partition coefficient (Wildman–Crippen LogP) is 3.24. The summed E-state index contributed by atoms with van der Waals surface area (Å²) in [5.41, 5.74) is 8.50. The van der Waals surface area contributed by atoms with E-state index < -0.39 is 5.60 Å². The van der Waals surface area contributed by atoms with E-state index in [-0.39, 0.29) is 11.7 Å². The van der Waals surface area contributed by atoms with Gasteiger partial charge in [-0.15, -0.1) is 0 Å². The third-order valence-electron chi connectivity index (χ3n) is 5.98. The molecule has 4 aromatic rings. The molecule has 0 aliphatic heterocycles. The molecule has 5 rings (SSSR count). The number of nitrogens with two attached hydrogens (primary N) is 1. The number of ketones is 1. The zero-order valence-electron chi connectivity index (χ0n) is 17.8. The fourth-order valence-electron chi connectivity index (χ4n) is 4.40. The maximum absolute atomic E-state index is 13.0. The number of carbonyl (C=O) groups is 1. The molecule has 3 N–H and O–H groups in total. The third kappa shape index (κ3) is 3.29. The lowest BCUT2D eigenvalue weighted by atomic mass is 9.72. The molecule has 1 saturated carbocycles. The summed E-state index contributed by atoms with van der Waals surface area (Å²) < 4.78 is 7.26. The van der Waals surface area contributed by atoms with Gasteiger partial charge in [0.25, 0.3) is 0 Å². The number of aromatic nitrogens is 4. The number of fused-ring (bicyclic) bond motifs is 1. The molecule has 2 heterocycles. The number of methoxy groups -OCH3 is 1. The van der Waals surface area contributed by atoms with E-state index in [1.807, 2.05) is 31.2 Å². The topological polar surface area (TPSA) is 116 Å². The van der Waals surface area contributed by atoms with Gasteiger partial charge in [0.05, 0.1) is 18.3 Å². The second-order valence-electron chi connectivity index (χ2n) is 8.44. The normalized spacial score (nSPS) is 20.2. The van der Waals surface area contributed by atoms with Gasteiger partial charge in [0, 0.05) is 17.0 Å². The van der Waals surface area contributed by atoms with E-state index in [4.69, 9.17) is 15.5 Å². The van der Waals surface area contributed by atoms with Crippen molar-refractivity contribution in [2.75, 3.05) is 12.8 Å². The molecule has 8 nitrogen and oxygen atoms in total. The SMILES string of the molecule is COc1cc(-c2nc([C@H]3C[C@](C)(O)C3)n3ncnc(N)c23)ccc1C(=O)c1ccccc1. The maximum Gasteiger partial charge on any atom is 0.196 e.